The molecule has 23 heavy (non-hydrogen) atoms. The number of hydrogen-bond donors (Lipinski definition) is 1. The van der Waals surface area contributed by atoms with Gasteiger partial charge >= 0.3 is 5.97 Å². The van der Waals surface area contributed by atoms with Crippen molar-refractivity contribution in [3.05, 3.63) is 62.7 Å². The molecule has 0 radical (unpaired) electrons. The first kappa shape index (κ1) is 17.3. The van der Waals surface area contributed by atoms with E-state index in [1.807, 2.05) is 37.3 Å². The molecule has 2 rings (SSSR count). The third-order valence-electron chi connectivity index (χ3n) is 3.17. The van der Waals surface area contributed by atoms with Crippen LogP contribution in [0, 0.1) is 10.5 Å². The van der Waals surface area contributed by atoms with Gasteiger partial charge < -0.3 is 14.6 Å². The normalized spacial score (nSPS) is 10.7. The van der Waals surface area contributed by atoms with Crippen LogP contribution in [0.4, 0.5) is 0 Å². The van der Waals surface area contributed by atoms with Gasteiger partial charge in [-0.15, -0.1) is 0 Å². The number of aryl methyl sites for hydroxylation is 1. The standard InChI is InChI=1S/C18H17IO4/c1-12-3-5-13(6-4-12)11-23-18-15(19)9-14(7-8-17(20)21)10-16(18)22-2/h3-10H,11H2,1-2H3,(H,20,21)/b8-7+. The average molecular weight is 424 g/mol. The van der Waals surface area contributed by atoms with E-state index < -0.39 is 5.97 Å². The lowest BCUT2D eigenvalue weighted by atomic mass is 10.1. The van der Waals surface area contributed by atoms with Crippen LogP contribution < -0.4 is 9.47 Å². The van der Waals surface area contributed by atoms with Crippen LogP contribution in [0.15, 0.2) is 42.5 Å². The van der Waals surface area contributed by atoms with Crippen LogP contribution in [0.1, 0.15) is 16.7 Å². The van der Waals surface area contributed by atoms with E-state index in [1.54, 1.807) is 13.2 Å². The van der Waals surface area contributed by atoms with Gasteiger partial charge in [0, 0.05) is 6.08 Å². The van der Waals surface area contributed by atoms with Gasteiger partial charge in [-0.3, -0.25) is 0 Å². The smallest absolute Gasteiger partial charge is 0.328 e. The van der Waals surface area contributed by atoms with E-state index in [-0.39, 0.29) is 0 Å². The van der Waals surface area contributed by atoms with Crippen molar-refractivity contribution in [1.82, 2.24) is 0 Å². The topological polar surface area (TPSA) is 55.8 Å². The number of ether oxygens (including phenoxy) is 2. The van der Waals surface area contributed by atoms with Gasteiger partial charge in [-0.25, -0.2) is 4.79 Å². The van der Waals surface area contributed by atoms with Crippen LogP contribution in [-0.4, -0.2) is 18.2 Å². The molecule has 1 N–H and O–H groups in total. The molecule has 0 aliphatic rings. The van der Waals surface area contributed by atoms with E-state index in [0.717, 1.165) is 20.8 Å². The summed E-state index contributed by atoms with van der Waals surface area (Å²) in [7, 11) is 1.56. The summed E-state index contributed by atoms with van der Waals surface area (Å²) in [4.78, 5) is 10.6. The molecule has 0 bridgehead atoms. The monoisotopic (exact) mass is 424 g/mol. The quantitative estimate of drug-likeness (QED) is 0.556. The summed E-state index contributed by atoms with van der Waals surface area (Å²) in [6, 6.07) is 11.7. The molecule has 120 valence electrons. The Labute approximate surface area is 148 Å². The molecule has 2 aromatic carbocycles. The zero-order chi connectivity index (χ0) is 16.8. The molecule has 0 aliphatic heterocycles. The lowest BCUT2D eigenvalue weighted by Gasteiger charge is -2.14. The van der Waals surface area contributed by atoms with Crippen molar-refractivity contribution in [2.75, 3.05) is 7.11 Å². The molecule has 0 aliphatic carbocycles. The number of rotatable bonds is 6. The Kier molecular flexibility index (Phi) is 6.04. The third kappa shape index (κ3) is 4.99. The largest absolute Gasteiger partial charge is 0.493 e. The molecular weight excluding hydrogens is 407 g/mol. The molecule has 2 aromatic rings. The van der Waals surface area contributed by atoms with Gasteiger partial charge in [0.05, 0.1) is 10.7 Å². The molecule has 0 amide bonds. The molecule has 0 atom stereocenters. The third-order valence-corrected chi connectivity index (χ3v) is 3.98. The maximum atomic E-state index is 10.6. The first-order valence-electron chi connectivity index (χ1n) is 6.96. The molecular formula is C18H17IO4. The Balaban J connectivity index is 2.20. The van der Waals surface area contributed by atoms with Crippen LogP contribution >= 0.6 is 22.6 Å². The van der Waals surface area contributed by atoms with Crippen LogP contribution in [-0.2, 0) is 11.4 Å². The second kappa shape index (κ2) is 8.01. The Hall–Kier alpha value is -2.02. The van der Waals surface area contributed by atoms with Gasteiger partial charge in [-0.1, -0.05) is 29.8 Å². The highest BCUT2D eigenvalue weighted by Crippen LogP contribution is 2.35. The first-order valence-corrected chi connectivity index (χ1v) is 8.04. The van der Waals surface area contributed by atoms with Crippen LogP contribution in [0.3, 0.4) is 0 Å². The highest BCUT2D eigenvalue weighted by Gasteiger charge is 2.11. The lowest BCUT2D eigenvalue weighted by molar-refractivity contribution is -0.131. The molecule has 0 aromatic heterocycles. The summed E-state index contributed by atoms with van der Waals surface area (Å²) in [5, 5.41) is 8.71. The first-order chi connectivity index (χ1) is 11.0. The van der Waals surface area contributed by atoms with Gasteiger partial charge in [0.15, 0.2) is 11.5 Å². The van der Waals surface area contributed by atoms with Crippen LogP contribution in [0.2, 0.25) is 0 Å². The number of halogens is 1. The number of aliphatic carboxylic acids is 1. The highest BCUT2D eigenvalue weighted by atomic mass is 127. The Morgan fingerprint density at radius 1 is 1.26 bits per heavy atom. The van der Waals surface area contributed by atoms with Crippen molar-refractivity contribution in [2.24, 2.45) is 0 Å². The summed E-state index contributed by atoms with van der Waals surface area (Å²) in [5.74, 6) is 0.244. The number of methoxy groups -OCH3 is 1. The maximum Gasteiger partial charge on any atom is 0.328 e. The van der Waals surface area contributed by atoms with Crippen LogP contribution in [0.25, 0.3) is 6.08 Å². The zero-order valence-corrected chi connectivity index (χ0v) is 15.0. The van der Waals surface area contributed by atoms with Gasteiger partial charge in [-0.2, -0.15) is 0 Å². The molecule has 5 heteroatoms. The average Bonchev–Trinajstić information content (AvgIpc) is 2.53. The number of carboxylic acids is 1. The summed E-state index contributed by atoms with van der Waals surface area (Å²) >= 11 is 2.15. The lowest BCUT2D eigenvalue weighted by Crippen LogP contribution is -2.00. The molecule has 4 nitrogen and oxygen atoms in total. The molecule has 0 unspecified atom stereocenters. The second-order valence-corrected chi connectivity index (χ2v) is 6.14. The predicted molar refractivity (Wildman–Crippen MR) is 97.9 cm³/mol. The van der Waals surface area contributed by atoms with Crippen molar-refractivity contribution < 1.29 is 19.4 Å². The van der Waals surface area contributed by atoms with Gasteiger partial charge in [0.1, 0.15) is 6.61 Å². The van der Waals surface area contributed by atoms with E-state index in [4.69, 9.17) is 14.6 Å². The summed E-state index contributed by atoms with van der Waals surface area (Å²) in [6.07, 6.45) is 2.62. The molecule has 0 spiro atoms. The molecule has 0 heterocycles. The Morgan fingerprint density at radius 3 is 2.57 bits per heavy atom. The van der Waals surface area contributed by atoms with E-state index in [9.17, 15) is 4.79 Å². The fourth-order valence-electron chi connectivity index (χ4n) is 1.98. The predicted octanol–water partition coefficient (Wildman–Crippen LogP) is 4.29. The van der Waals surface area contributed by atoms with E-state index in [2.05, 4.69) is 22.6 Å². The SMILES string of the molecule is COc1cc(/C=C/C(=O)O)cc(I)c1OCc1ccc(C)cc1. The van der Waals surface area contributed by atoms with Crippen molar-refractivity contribution in [3.63, 3.8) is 0 Å². The maximum absolute atomic E-state index is 10.6. The highest BCUT2D eigenvalue weighted by molar-refractivity contribution is 14.1. The van der Waals surface area contributed by atoms with Crippen LogP contribution in [0.5, 0.6) is 11.5 Å². The zero-order valence-electron chi connectivity index (χ0n) is 12.9. The van der Waals surface area contributed by atoms with E-state index >= 15 is 0 Å². The van der Waals surface area contributed by atoms with Gasteiger partial charge in [0.25, 0.3) is 0 Å². The van der Waals surface area contributed by atoms with Gasteiger partial charge in [0.2, 0.25) is 0 Å². The minimum absolute atomic E-state index is 0.441. The minimum Gasteiger partial charge on any atom is -0.493 e. The number of hydrogen-bond acceptors (Lipinski definition) is 3. The number of carbonyl (C=O) groups is 1. The van der Waals surface area contributed by atoms with Crippen molar-refractivity contribution in [2.45, 2.75) is 13.5 Å². The van der Waals surface area contributed by atoms with Crippen molar-refractivity contribution in [1.29, 1.82) is 0 Å². The fourth-order valence-corrected chi connectivity index (χ4v) is 2.76. The minimum atomic E-state index is -0.987. The second-order valence-electron chi connectivity index (χ2n) is 4.98. The molecule has 0 saturated carbocycles. The van der Waals surface area contributed by atoms with Crippen molar-refractivity contribution in [3.8, 4) is 11.5 Å². The van der Waals surface area contributed by atoms with E-state index in [0.29, 0.717) is 18.1 Å². The Bertz CT molecular complexity index is 721. The molecule has 0 saturated heterocycles. The number of carboxylic acid groups (broad SMARTS) is 1. The van der Waals surface area contributed by atoms with E-state index in [1.165, 1.54) is 11.6 Å². The summed E-state index contributed by atoms with van der Waals surface area (Å²) in [6.45, 7) is 2.48. The Morgan fingerprint density at radius 2 is 1.96 bits per heavy atom. The van der Waals surface area contributed by atoms with Gasteiger partial charge in [-0.05, 0) is 58.9 Å². The molecule has 0 fully saturated rings. The van der Waals surface area contributed by atoms with Crippen molar-refractivity contribution >= 4 is 34.6 Å². The summed E-state index contributed by atoms with van der Waals surface area (Å²) < 4.78 is 12.1. The fraction of sp³-hybridized carbons (Fsp3) is 0.167. The summed E-state index contributed by atoms with van der Waals surface area (Å²) in [5.41, 5.74) is 3.02. The number of benzene rings is 2.